The molecule has 0 saturated heterocycles. The van der Waals surface area contributed by atoms with E-state index in [0.717, 1.165) is 11.3 Å². The number of aromatic nitrogens is 4. The van der Waals surface area contributed by atoms with Gasteiger partial charge in [-0.2, -0.15) is 5.10 Å². The number of anilines is 2. The second kappa shape index (κ2) is 8.88. The first kappa shape index (κ1) is 20.4. The smallest absolute Gasteiger partial charge is 0.164 e. The Morgan fingerprint density at radius 3 is 2.55 bits per heavy atom. The lowest BCUT2D eigenvalue weighted by Gasteiger charge is -2.11. The molecule has 1 unspecified atom stereocenters. The monoisotopic (exact) mass is 420 g/mol. The Morgan fingerprint density at radius 1 is 1.10 bits per heavy atom. The number of hydrogen-bond acceptors (Lipinski definition) is 8. The van der Waals surface area contributed by atoms with Gasteiger partial charge in [0.25, 0.3) is 0 Å². The maximum atomic E-state index is 9.51. The van der Waals surface area contributed by atoms with Gasteiger partial charge in [0.2, 0.25) is 0 Å². The summed E-state index contributed by atoms with van der Waals surface area (Å²) in [5.41, 5.74) is 7.37. The average molecular weight is 420 g/mol. The third-order valence-corrected chi connectivity index (χ3v) is 4.73. The molecule has 9 heteroatoms. The largest absolute Gasteiger partial charge is 0.497 e. The van der Waals surface area contributed by atoms with Crippen molar-refractivity contribution in [1.82, 2.24) is 19.7 Å². The lowest BCUT2D eigenvalue weighted by Crippen LogP contribution is -2.20. The van der Waals surface area contributed by atoms with E-state index < -0.39 is 0 Å². The van der Waals surface area contributed by atoms with Crippen molar-refractivity contribution in [1.29, 1.82) is 0 Å². The van der Waals surface area contributed by atoms with Crippen LogP contribution in [0.3, 0.4) is 0 Å². The summed E-state index contributed by atoms with van der Waals surface area (Å²) in [5.74, 6) is 2.91. The SMILES string of the molecule is COc1ccc(Cn2nc(NC(C)CO)c3c(Oc4ccc(N)nc4)ccnc32)cc1. The van der Waals surface area contributed by atoms with Crippen LogP contribution in [0.4, 0.5) is 11.6 Å². The molecule has 0 fully saturated rings. The minimum Gasteiger partial charge on any atom is -0.497 e. The van der Waals surface area contributed by atoms with Crippen molar-refractivity contribution in [3.8, 4) is 17.2 Å². The van der Waals surface area contributed by atoms with Crippen LogP contribution in [0, 0.1) is 0 Å². The normalized spacial score (nSPS) is 12.0. The Labute approximate surface area is 179 Å². The lowest BCUT2D eigenvalue weighted by molar-refractivity contribution is 0.281. The number of methoxy groups -OCH3 is 1. The molecule has 3 heterocycles. The number of aliphatic hydroxyl groups excluding tert-OH is 1. The van der Waals surface area contributed by atoms with E-state index in [2.05, 4.69) is 15.3 Å². The van der Waals surface area contributed by atoms with E-state index in [-0.39, 0.29) is 12.6 Å². The van der Waals surface area contributed by atoms with Gasteiger partial charge < -0.3 is 25.6 Å². The van der Waals surface area contributed by atoms with Crippen LogP contribution in [0.2, 0.25) is 0 Å². The lowest BCUT2D eigenvalue weighted by atomic mass is 10.2. The fraction of sp³-hybridized carbons (Fsp3) is 0.227. The molecule has 0 aliphatic heterocycles. The summed E-state index contributed by atoms with van der Waals surface area (Å²) in [6, 6.07) is 12.8. The fourth-order valence-corrected chi connectivity index (χ4v) is 3.13. The number of hydrogen-bond donors (Lipinski definition) is 3. The molecule has 4 aromatic rings. The minimum absolute atomic E-state index is 0.0365. The maximum absolute atomic E-state index is 9.51. The van der Waals surface area contributed by atoms with Gasteiger partial charge in [0.05, 0.1) is 26.5 Å². The molecule has 9 nitrogen and oxygen atoms in total. The summed E-state index contributed by atoms with van der Waals surface area (Å²) in [4.78, 5) is 8.61. The summed E-state index contributed by atoms with van der Waals surface area (Å²) < 4.78 is 13.1. The standard InChI is InChI=1S/C22H24N6O3/c1-14(13-29)26-21-20-18(31-17-7-8-19(23)25-11-17)9-10-24-22(20)28(27-21)12-15-3-5-16(30-2)6-4-15/h3-11,14,29H,12-13H2,1-2H3,(H2,23,25)(H,26,27). The van der Waals surface area contributed by atoms with Crippen LogP contribution in [0.1, 0.15) is 12.5 Å². The Balaban J connectivity index is 1.75. The molecule has 0 spiro atoms. The Hall–Kier alpha value is -3.85. The van der Waals surface area contributed by atoms with Crippen molar-refractivity contribution in [3.63, 3.8) is 0 Å². The van der Waals surface area contributed by atoms with Crippen LogP contribution >= 0.6 is 0 Å². The van der Waals surface area contributed by atoms with Gasteiger partial charge >= 0.3 is 0 Å². The van der Waals surface area contributed by atoms with Gasteiger partial charge in [-0.1, -0.05) is 12.1 Å². The van der Waals surface area contributed by atoms with E-state index in [0.29, 0.717) is 40.7 Å². The number of aliphatic hydroxyl groups is 1. The van der Waals surface area contributed by atoms with Crippen molar-refractivity contribution in [3.05, 3.63) is 60.4 Å². The molecule has 1 aromatic carbocycles. The predicted octanol–water partition coefficient (Wildman–Crippen LogP) is 3.05. The van der Waals surface area contributed by atoms with Crippen LogP contribution in [0.5, 0.6) is 17.2 Å². The molecule has 0 aliphatic rings. The van der Waals surface area contributed by atoms with Gasteiger partial charge in [-0.25, -0.2) is 14.6 Å². The first-order valence-corrected chi connectivity index (χ1v) is 9.82. The number of benzene rings is 1. The zero-order chi connectivity index (χ0) is 21.8. The van der Waals surface area contributed by atoms with Gasteiger partial charge in [0.15, 0.2) is 11.5 Å². The molecule has 0 aliphatic carbocycles. The fourth-order valence-electron chi connectivity index (χ4n) is 3.13. The van der Waals surface area contributed by atoms with E-state index in [1.807, 2.05) is 31.2 Å². The van der Waals surface area contributed by atoms with E-state index in [9.17, 15) is 5.11 Å². The van der Waals surface area contributed by atoms with Gasteiger partial charge in [0, 0.05) is 18.3 Å². The highest BCUT2D eigenvalue weighted by molar-refractivity contribution is 5.93. The van der Waals surface area contributed by atoms with E-state index in [4.69, 9.17) is 20.3 Å². The summed E-state index contributed by atoms with van der Waals surface area (Å²) >= 11 is 0. The van der Waals surface area contributed by atoms with Gasteiger partial charge in [0.1, 0.15) is 28.5 Å². The molecule has 0 radical (unpaired) electrons. The Morgan fingerprint density at radius 2 is 1.87 bits per heavy atom. The number of nitrogen functional groups attached to an aromatic ring is 1. The summed E-state index contributed by atoms with van der Waals surface area (Å²) in [7, 11) is 1.64. The summed E-state index contributed by atoms with van der Waals surface area (Å²) in [5, 5.41) is 18.2. The van der Waals surface area contributed by atoms with Crippen LogP contribution < -0.4 is 20.5 Å². The van der Waals surface area contributed by atoms with Gasteiger partial charge in [-0.05, 0) is 36.8 Å². The number of rotatable bonds is 8. The zero-order valence-corrected chi connectivity index (χ0v) is 17.3. The molecule has 4 N–H and O–H groups in total. The van der Waals surface area contributed by atoms with E-state index in [1.54, 1.807) is 42.4 Å². The van der Waals surface area contributed by atoms with Crippen LogP contribution in [-0.2, 0) is 6.54 Å². The van der Waals surface area contributed by atoms with E-state index in [1.165, 1.54) is 0 Å². The number of nitrogens with one attached hydrogen (secondary N) is 1. The van der Waals surface area contributed by atoms with Crippen LogP contribution in [0.15, 0.2) is 54.9 Å². The molecule has 3 aromatic heterocycles. The van der Waals surface area contributed by atoms with Gasteiger partial charge in [-0.3, -0.25) is 0 Å². The zero-order valence-electron chi connectivity index (χ0n) is 17.3. The highest BCUT2D eigenvalue weighted by Gasteiger charge is 2.19. The minimum atomic E-state index is -0.196. The number of pyridine rings is 2. The number of ether oxygens (including phenoxy) is 2. The van der Waals surface area contributed by atoms with Crippen LogP contribution in [0.25, 0.3) is 11.0 Å². The quantitative estimate of drug-likeness (QED) is 0.398. The van der Waals surface area contributed by atoms with Crippen molar-refractivity contribution in [2.45, 2.75) is 19.5 Å². The van der Waals surface area contributed by atoms with E-state index >= 15 is 0 Å². The predicted molar refractivity (Wildman–Crippen MR) is 119 cm³/mol. The third-order valence-electron chi connectivity index (χ3n) is 4.73. The molecule has 4 rings (SSSR count). The number of fused-ring (bicyclic) bond motifs is 1. The molecular formula is C22H24N6O3. The maximum Gasteiger partial charge on any atom is 0.164 e. The molecule has 1 atom stereocenters. The highest BCUT2D eigenvalue weighted by Crippen LogP contribution is 2.34. The van der Waals surface area contributed by atoms with Crippen molar-refractivity contribution >= 4 is 22.7 Å². The summed E-state index contributed by atoms with van der Waals surface area (Å²) in [6.07, 6.45) is 3.24. The second-order valence-corrected chi connectivity index (χ2v) is 7.11. The molecule has 31 heavy (non-hydrogen) atoms. The van der Waals surface area contributed by atoms with Gasteiger partial charge in [-0.15, -0.1) is 0 Å². The van der Waals surface area contributed by atoms with Crippen molar-refractivity contribution < 1.29 is 14.6 Å². The average Bonchev–Trinajstić information content (AvgIpc) is 3.13. The first-order valence-electron chi connectivity index (χ1n) is 9.82. The molecule has 0 saturated carbocycles. The van der Waals surface area contributed by atoms with Crippen molar-refractivity contribution in [2.24, 2.45) is 0 Å². The Bertz CT molecular complexity index is 1160. The topological polar surface area (TPSA) is 120 Å². The molecule has 0 bridgehead atoms. The number of nitrogens with zero attached hydrogens (tertiary/aromatic N) is 4. The summed E-state index contributed by atoms with van der Waals surface area (Å²) in [6.45, 7) is 2.34. The van der Waals surface area contributed by atoms with Crippen molar-refractivity contribution in [2.75, 3.05) is 24.8 Å². The number of nitrogens with two attached hydrogens (primary N) is 1. The Kier molecular flexibility index (Phi) is 5.85. The third kappa shape index (κ3) is 4.51. The second-order valence-electron chi connectivity index (χ2n) is 7.11. The molecular weight excluding hydrogens is 396 g/mol. The first-order chi connectivity index (χ1) is 15.1. The highest BCUT2D eigenvalue weighted by atomic mass is 16.5. The molecule has 0 amide bonds. The van der Waals surface area contributed by atoms with Crippen LogP contribution in [-0.4, -0.2) is 44.6 Å². The molecule has 160 valence electrons.